The summed E-state index contributed by atoms with van der Waals surface area (Å²) < 4.78 is 0. The van der Waals surface area contributed by atoms with Gasteiger partial charge in [-0.15, -0.1) is 6.58 Å². The van der Waals surface area contributed by atoms with E-state index >= 15 is 0 Å². The first kappa shape index (κ1) is 8.27. The second kappa shape index (κ2) is 2.86. The molecule has 68 valence electrons. The van der Waals surface area contributed by atoms with Crippen LogP contribution in [0.2, 0.25) is 0 Å². The Labute approximate surface area is 74.8 Å². The van der Waals surface area contributed by atoms with Gasteiger partial charge in [-0.05, 0) is 26.4 Å². The number of hydrogen-bond acceptors (Lipinski definition) is 2. The Morgan fingerprint density at radius 2 is 2.25 bits per heavy atom. The molecule has 0 aromatic rings. The molecule has 0 aromatic carbocycles. The second-order valence-electron chi connectivity index (χ2n) is 4.23. The Balaban J connectivity index is 1.99. The fourth-order valence-electron chi connectivity index (χ4n) is 2.75. The molecule has 0 aliphatic carbocycles. The number of rotatable bonds is 2. The van der Waals surface area contributed by atoms with Gasteiger partial charge in [-0.1, -0.05) is 6.08 Å². The quantitative estimate of drug-likeness (QED) is 0.564. The van der Waals surface area contributed by atoms with Crippen molar-refractivity contribution in [3.8, 4) is 0 Å². The molecule has 0 N–H and O–H groups in total. The van der Waals surface area contributed by atoms with Crippen molar-refractivity contribution in [2.24, 2.45) is 0 Å². The number of hydrogen-bond donors (Lipinski definition) is 0. The van der Waals surface area contributed by atoms with E-state index in [0.29, 0.717) is 5.54 Å². The smallest absolute Gasteiger partial charge is 0.0466 e. The van der Waals surface area contributed by atoms with Crippen molar-refractivity contribution in [1.82, 2.24) is 9.80 Å². The SMILES string of the molecule is C=CCN1CCCC12CN(C)C2. The molecule has 2 nitrogen and oxygen atoms in total. The molecule has 0 amide bonds. The van der Waals surface area contributed by atoms with E-state index < -0.39 is 0 Å². The van der Waals surface area contributed by atoms with Crippen LogP contribution in [0.5, 0.6) is 0 Å². The molecule has 2 aliphatic heterocycles. The summed E-state index contributed by atoms with van der Waals surface area (Å²) in [5, 5.41) is 0. The fourth-order valence-corrected chi connectivity index (χ4v) is 2.75. The lowest BCUT2D eigenvalue weighted by Gasteiger charge is -2.51. The topological polar surface area (TPSA) is 6.48 Å². The number of nitrogens with zero attached hydrogens (tertiary/aromatic N) is 2. The van der Waals surface area contributed by atoms with E-state index in [0.717, 1.165) is 6.54 Å². The van der Waals surface area contributed by atoms with Crippen LogP contribution in [0, 0.1) is 0 Å². The van der Waals surface area contributed by atoms with Crippen LogP contribution < -0.4 is 0 Å². The molecule has 0 unspecified atom stereocenters. The Morgan fingerprint density at radius 1 is 1.50 bits per heavy atom. The van der Waals surface area contributed by atoms with Crippen LogP contribution in [0.4, 0.5) is 0 Å². The minimum atomic E-state index is 0.545. The maximum atomic E-state index is 3.81. The largest absolute Gasteiger partial charge is 0.303 e. The van der Waals surface area contributed by atoms with Crippen molar-refractivity contribution < 1.29 is 0 Å². The highest BCUT2D eigenvalue weighted by molar-refractivity contribution is 5.07. The first-order valence-electron chi connectivity index (χ1n) is 4.81. The van der Waals surface area contributed by atoms with Gasteiger partial charge in [0.1, 0.15) is 0 Å². The van der Waals surface area contributed by atoms with Crippen LogP contribution >= 0.6 is 0 Å². The van der Waals surface area contributed by atoms with Gasteiger partial charge in [0, 0.05) is 25.2 Å². The number of likely N-dealkylation sites (tertiary alicyclic amines) is 2. The Morgan fingerprint density at radius 3 is 2.83 bits per heavy atom. The van der Waals surface area contributed by atoms with Gasteiger partial charge in [0.05, 0.1) is 0 Å². The fraction of sp³-hybridized carbons (Fsp3) is 0.800. The van der Waals surface area contributed by atoms with Gasteiger partial charge in [-0.25, -0.2) is 0 Å². The van der Waals surface area contributed by atoms with Crippen molar-refractivity contribution in [2.45, 2.75) is 18.4 Å². The predicted octanol–water partition coefficient (Wildman–Crippen LogP) is 0.952. The summed E-state index contributed by atoms with van der Waals surface area (Å²) in [4.78, 5) is 5.00. The molecule has 2 rings (SSSR count). The highest BCUT2D eigenvalue weighted by Gasteiger charge is 2.47. The Kier molecular flexibility index (Phi) is 1.97. The third-order valence-corrected chi connectivity index (χ3v) is 3.22. The van der Waals surface area contributed by atoms with E-state index in [2.05, 4.69) is 23.4 Å². The van der Waals surface area contributed by atoms with E-state index in [-0.39, 0.29) is 0 Å². The van der Waals surface area contributed by atoms with E-state index in [1.165, 1.54) is 32.5 Å². The van der Waals surface area contributed by atoms with Gasteiger partial charge >= 0.3 is 0 Å². The summed E-state index contributed by atoms with van der Waals surface area (Å²) in [7, 11) is 2.20. The highest BCUT2D eigenvalue weighted by Crippen LogP contribution is 2.36. The molecule has 0 aromatic heterocycles. The van der Waals surface area contributed by atoms with E-state index in [1.807, 2.05) is 6.08 Å². The molecule has 12 heavy (non-hydrogen) atoms. The van der Waals surface area contributed by atoms with E-state index in [1.54, 1.807) is 0 Å². The van der Waals surface area contributed by atoms with Gasteiger partial charge in [-0.3, -0.25) is 4.90 Å². The Bertz CT molecular complexity index is 182. The summed E-state index contributed by atoms with van der Waals surface area (Å²) in [5.74, 6) is 0. The van der Waals surface area contributed by atoms with Crippen molar-refractivity contribution in [3.63, 3.8) is 0 Å². The maximum absolute atomic E-state index is 3.81. The lowest BCUT2D eigenvalue weighted by atomic mass is 9.87. The summed E-state index contributed by atoms with van der Waals surface area (Å²) in [6.45, 7) is 8.70. The molecule has 0 bridgehead atoms. The second-order valence-corrected chi connectivity index (χ2v) is 4.23. The molecular formula is C10H18N2. The monoisotopic (exact) mass is 166 g/mol. The Hall–Kier alpha value is -0.340. The summed E-state index contributed by atoms with van der Waals surface area (Å²) in [5.41, 5.74) is 0.545. The molecular weight excluding hydrogens is 148 g/mol. The molecule has 1 spiro atoms. The van der Waals surface area contributed by atoms with Crippen LogP contribution in [0.25, 0.3) is 0 Å². The average Bonchev–Trinajstić information content (AvgIpc) is 2.34. The lowest BCUT2D eigenvalue weighted by molar-refractivity contribution is -0.00720. The van der Waals surface area contributed by atoms with Crippen molar-refractivity contribution >= 4 is 0 Å². The molecule has 0 atom stereocenters. The first-order valence-corrected chi connectivity index (χ1v) is 4.81. The third kappa shape index (κ3) is 1.10. The molecule has 0 radical (unpaired) electrons. The number of likely N-dealkylation sites (N-methyl/N-ethyl adjacent to an activating group) is 1. The summed E-state index contributed by atoms with van der Waals surface area (Å²) >= 11 is 0. The molecule has 0 saturated carbocycles. The zero-order chi connectivity index (χ0) is 8.60. The zero-order valence-corrected chi connectivity index (χ0v) is 7.92. The standard InChI is InChI=1S/C10H18N2/c1-3-6-12-7-4-5-10(12)8-11(2)9-10/h3H,1,4-9H2,2H3. The molecule has 2 fully saturated rings. The third-order valence-electron chi connectivity index (χ3n) is 3.22. The van der Waals surface area contributed by atoms with Crippen LogP contribution in [0.15, 0.2) is 12.7 Å². The van der Waals surface area contributed by atoms with Crippen LogP contribution in [-0.2, 0) is 0 Å². The van der Waals surface area contributed by atoms with E-state index in [4.69, 9.17) is 0 Å². The molecule has 2 saturated heterocycles. The van der Waals surface area contributed by atoms with Gasteiger partial charge in [-0.2, -0.15) is 0 Å². The van der Waals surface area contributed by atoms with Gasteiger partial charge in [0.15, 0.2) is 0 Å². The van der Waals surface area contributed by atoms with Crippen LogP contribution in [-0.4, -0.2) is 48.6 Å². The maximum Gasteiger partial charge on any atom is 0.0466 e. The van der Waals surface area contributed by atoms with Gasteiger partial charge < -0.3 is 4.90 Å². The average molecular weight is 166 g/mol. The zero-order valence-electron chi connectivity index (χ0n) is 7.92. The van der Waals surface area contributed by atoms with Gasteiger partial charge in [0.25, 0.3) is 0 Å². The minimum absolute atomic E-state index is 0.545. The summed E-state index contributed by atoms with van der Waals surface area (Å²) in [6, 6.07) is 0. The minimum Gasteiger partial charge on any atom is -0.303 e. The van der Waals surface area contributed by atoms with Gasteiger partial charge in [0.2, 0.25) is 0 Å². The summed E-state index contributed by atoms with van der Waals surface area (Å²) in [6.07, 6.45) is 4.80. The first-order chi connectivity index (χ1) is 5.77. The van der Waals surface area contributed by atoms with E-state index in [9.17, 15) is 0 Å². The molecule has 2 heterocycles. The lowest BCUT2D eigenvalue weighted by Crippen LogP contribution is -2.66. The van der Waals surface area contributed by atoms with Crippen LogP contribution in [0.1, 0.15) is 12.8 Å². The highest BCUT2D eigenvalue weighted by atomic mass is 15.4. The normalized spacial score (nSPS) is 29.1. The van der Waals surface area contributed by atoms with Crippen LogP contribution in [0.3, 0.4) is 0 Å². The van der Waals surface area contributed by atoms with Crippen molar-refractivity contribution in [3.05, 3.63) is 12.7 Å². The van der Waals surface area contributed by atoms with Crippen molar-refractivity contribution in [2.75, 3.05) is 33.2 Å². The predicted molar refractivity (Wildman–Crippen MR) is 51.2 cm³/mol. The molecule has 2 heteroatoms. The van der Waals surface area contributed by atoms with Crippen molar-refractivity contribution in [1.29, 1.82) is 0 Å². The molecule has 2 aliphatic rings.